The van der Waals surface area contributed by atoms with Crippen molar-refractivity contribution in [3.05, 3.63) is 11.6 Å². The van der Waals surface area contributed by atoms with Gasteiger partial charge < -0.3 is 10.3 Å². The van der Waals surface area contributed by atoms with E-state index in [2.05, 4.69) is 22.0 Å². The first-order valence-corrected chi connectivity index (χ1v) is 7.27. The smallest absolute Gasteiger partial charge is 0.327 e. The van der Waals surface area contributed by atoms with E-state index in [9.17, 15) is 13.2 Å². The normalized spacial score (nSPS) is 30.6. The Labute approximate surface area is 121 Å². The molecule has 2 unspecified atom stereocenters. The summed E-state index contributed by atoms with van der Waals surface area (Å²) in [7, 11) is 0. The van der Waals surface area contributed by atoms with E-state index in [1.807, 2.05) is 0 Å². The number of fused-ring (bicyclic) bond motifs is 1. The molecule has 0 amide bonds. The second-order valence-corrected chi connectivity index (χ2v) is 6.45. The zero-order valence-electron chi connectivity index (χ0n) is 12.0. The predicted molar refractivity (Wildman–Crippen MR) is 70.2 cm³/mol. The lowest BCUT2D eigenvalue weighted by Crippen LogP contribution is -2.46. The van der Waals surface area contributed by atoms with Gasteiger partial charge in [-0.15, -0.1) is 10.2 Å². The molecule has 2 N–H and O–H groups in total. The lowest BCUT2D eigenvalue weighted by Gasteiger charge is -2.37. The van der Waals surface area contributed by atoms with Crippen LogP contribution in [0.1, 0.15) is 37.8 Å². The van der Waals surface area contributed by atoms with Gasteiger partial charge in [-0.05, 0) is 18.3 Å². The number of hydrogen-bond acceptors (Lipinski definition) is 4. The number of aromatic nitrogens is 3. The topological polar surface area (TPSA) is 60.0 Å². The van der Waals surface area contributed by atoms with Gasteiger partial charge in [-0.1, -0.05) is 13.3 Å². The highest BCUT2D eigenvalue weighted by molar-refractivity contribution is 5.03. The van der Waals surface area contributed by atoms with E-state index in [0.29, 0.717) is 18.9 Å². The first-order chi connectivity index (χ1) is 9.79. The average molecular weight is 303 g/mol. The average Bonchev–Trinajstić information content (AvgIpc) is 2.93. The summed E-state index contributed by atoms with van der Waals surface area (Å²) in [6, 6.07) is 0.169. The number of rotatable bonds is 2. The SMILES string of the molecule is CC1(CN2CCn3c(nnc3C(F)(F)F)C2)CCCC1N. The minimum absolute atomic E-state index is 0.0506. The largest absolute Gasteiger partial charge is 0.451 e. The fourth-order valence-corrected chi connectivity index (χ4v) is 3.52. The Bertz CT molecular complexity index is 526. The van der Waals surface area contributed by atoms with Crippen molar-refractivity contribution in [1.82, 2.24) is 19.7 Å². The van der Waals surface area contributed by atoms with Crippen LogP contribution >= 0.6 is 0 Å². The van der Waals surface area contributed by atoms with Gasteiger partial charge in [-0.25, -0.2) is 0 Å². The Balaban J connectivity index is 1.73. The van der Waals surface area contributed by atoms with Crippen molar-refractivity contribution in [2.24, 2.45) is 11.1 Å². The lowest BCUT2D eigenvalue weighted by atomic mass is 9.84. The second-order valence-electron chi connectivity index (χ2n) is 6.45. The summed E-state index contributed by atoms with van der Waals surface area (Å²) in [5.74, 6) is -0.496. The number of nitrogens with two attached hydrogens (primary N) is 1. The molecule has 0 saturated heterocycles. The van der Waals surface area contributed by atoms with E-state index < -0.39 is 12.0 Å². The molecule has 0 bridgehead atoms. The molecular weight excluding hydrogens is 283 g/mol. The van der Waals surface area contributed by atoms with Crippen LogP contribution in [0.4, 0.5) is 13.2 Å². The van der Waals surface area contributed by atoms with Crippen LogP contribution in [0.2, 0.25) is 0 Å². The Hall–Kier alpha value is -1.15. The number of nitrogens with zero attached hydrogens (tertiary/aromatic N) is 4. The third-order valence-corrected chi connectivity index (χ3v) is 4.83. The molecule has 0 spiro atoms. The lowest BCUT2D eigenvalue weighted by molar-refractivity contribution is -0.148. The van der Waals surface area contributed by atoms with Gasteiger partial charge in [0.25, 0.3) is 0 Å². The standard InChI is InChI=1S/C13H20F3N5/c1-12(4-2-3-9(12)17)8-20-5-6-21-10(7-20)18-19-11(21)13(14,15)16/h9H,2-8,17H2,1H3. The highest BCUT2D eigenvalue weighted by atomic mass is 19.4. The van der Waals surface area contributed by atoms with Crippen molar-refractivity contribution >= 4 is 0 Å². The number of hydrogen-bond donors (Lipinski definition) is 1. The van der Waals surface area contributed by atoms with E-state index >= 15 is 0 Å². The van der Waals surface area contributed by atoms with Gasteiger partial charge >= 0.3 is 6.18 Å². The molecule has 1 aliphatic heterocycles. The quantitative estimate of drug-likeness (QED) is 0.902. The fourth-order valence-electron chi connectivity index (χ4n) is 3.52. The van der Waals surface area contributed by atoms with E-state index in [4.69, 9.17) is 5.73 Å². The molecule has 2 heterocycles. The van der Waals surface area contributed by atoms with Crippen LogP contribution in [0.3, 0.4) is 0 Å². The van der Waals surface area contributed by atoms with Crippen molar-refractivity contribution in [2.45, 2.75) is 51.5 Å². The van der Waals surface area contributed by atoms with Crippen LogP contribution in [-0.4, -0.2) is 38.8 Å². The summed E-state index contributed by atoms with van der Waals surface area (Å²) in [5.41, 5.74) is 6.23. The van der Waals surface area contributed by atoms with Crippen molar-refractivity contribution in [2.75, 3.05) is 13.1 Å². The van der Waals surface area contributed by atoms with Crippen LogP contribution in [-0.2, 0) is 19.3 Å². The van der Waals surface area contributed by atoms with Gasteiger partial charge in [0.2, 0.25) is 5.82 Å². The maximum absolute atomic E-state index is 12.8. The summed E-state index contributed by atoms with van der Waals surface area (Å²) >= 11 is 0. The molecule has 21 heavy (non-hydrogen) atoms. The first kappa shape index (κ1) is 14.8. The molecule has 0 radical (unpaired) electrons. The maximum atomic E-state index is 12.8. The van der Waals surface area contributed by atoms with Gasteiger partial charge in [0.1, 0.15) is 5.82 Å². The zero-order valence-corrected chi connectivity index (χ0v) is 12.0. The molecule has 3 rings (SSSR count). The van der Waals surface area contributed by atoms with Crippen molar-refractivity contribution in [1.29, 1.82) is 0 Å². The second kappa shape index (κ2) is 4.95. The van der Waals surface area contributed by atoms with Crippen molar-refractivity contribution in [3.8, 4) is 0 Å². The van der Waals surface area contributed by atoms with Gasteiger partial charge in [0.15, 0.2) is 0 Å². The highest BCUT2D eigenvalue weighted by Gasteiger charge is 2.41. The molecule has 2 atom stereocenters. The summed E-state index contributed by atoms with van der Waals surface area (Å²) in [6.07, 6.45) is -1.21. The minimum atomic E-state index is -4.44. The van der Waals surface area contributed by atoms with Gasteiger partial charge in [0.05, 0.1) is 6.54 Å². The van der Waals surface area contributed by atoms with E-state index in [-0.39, 0.29) is 18.0 Å². The Morgan fingerprint density at radius 2 is 2.10 bits per heavy atom. The van der Waals surface area contributed by atoms with Crippen molar-refractivity contribution in [3.63, 3.8) is 0 Å². The third kappa shape index (κ3) is 2.66. The molecule has 8 heteroatoms. The Morgan fingerprint density at radius 3 is 2.71 bits per heavy atom. The molecule has 1 fully saturated rings. The third-order valence-electron chi connectivity index (χ3n) is 4.83. The molecule has 1 saturated carbocycles. The van der Waals surface area contributed by atoms with Gasteiger partial charge in [-0.3, -0.25) is 4.90 Å². The molecule has 1 aromatic heterocycles. The van der Waals surface area contributed by atoms with Crippen LogP contribution < -0.4 is 5.73 Å². The molecule has 1 aliphatic carbocycles. The van der Waals surface area contributed by atoms with E-state index in [1.54, 1.807) is 0 Å². The minimum Gasteiger partial charge on any atom is -0.327 e. The van der Waals surface area contributed by atoms with Crippen LogP contribution in [0.15, 0.2) is 0 Å². The Kier molecular flexibility index (Phi) is 3.48. The Morgan fingerprint density at radius 1 is 1.33 bits per heavy atom. The van der Waals surface area contributed by atoms with Crippen LogP contribution in [0.5, 0.6) is 0 Å². The van der Waals surface area contributed by atoms with Gasteiger partial charge in [0, 0.05) is 25.7 Å². The molecule has 2 aliphatic rings. The highest BCUT2D eigenvalue weighted by Crippen LogP contribution is 2.38. The number of halogens is 3. The summed E-state index contributed by atoms with van der Waals surface area (Å²) in [5, 5.41) is 7.01. The summed E-state index contributed by atoms with van der Waals surface area (Å²) in [4.78, 5) is 2.15. The summed E-state index contributed by atoms with van der Waals surface area (Å²) in [6.45, 7) is 4.25. The molecule has 1 aromatic rings. The molecule has 0 aromatic carbocycles. The zero-order chi connectivity index (χ0) is 15.3. The summed E-state index contributed by atoms with van der Waals surface area (Å²) < 4.78 is 39.6. The monoisotopic (exact) mass is 303 g/mol. The van der Waals surface area contributed by atoms with Gasteiger partial charge in [-0.2, -0.15) is 13.2 Å². The first-order valence-electron chi connectivity index (χ1n) is 7.27. The van der Waals surface area contributed by atoms with Crippen LogP contribution in [0.25, 0.3) is 0 Å². The predicted octanol–water partition coefficient (Wildman–Crippen LogP) is 1.63. The van der Waals surface area contributed by atoms with Crippen molar-refractivity contribution < 1.29 is 13.2 Å². The van der Waals surface area contributed by atoms with E-state index in [1.165, 1.54) is 4.57 Å². The molecular formula is C13H20F3N5. The molecule has 5 nitrogen and oxygen atoms in total. The van der Waals surface area contributed by atoms with E-state index in [0.717, 1.165) is 25.8 Å². The molecule has 118 valence electrons. The fraction of sp³-hybridized carbons (Fsp3) is 0.846. The number of alkyl halides is 3. The van der Waals surface area contributed by atoms with Crippen LogP contribution in [0, 0.1) is 5.41 Å². The maximum Gasteiger partial charge on any atom is 0.451 e.